The molecule has 4 rings (SSSR count). The van der Waals surface area contributed by atoms with E-state index in [1.54, 1.807) is 18.5 Å². The van der Waals surface area contributed by atoms with E-state index in [0.29, 0.717) is 25.4 Å². The van der Waals surface area contributed by atoms with Gasteiger partial charge >= 0.3 is 0 Å². The number of amides is 1. The van der Waals surface area contributed by atoms with Crippen molar-refractivity contribution >= 4 is 11.7 Å². The summed E-state index contributed by atoms with van der Waals surface area (Å²) in [4.78, 5) is 22.7. The van der Waals surface area contributed by atoms with Crippen LogP contribution in [0.25, 0.3) is 0 Å². The molecule has 1 atom stereocenters. The lowest BCUT2D eigenvalue weighted by Gasteiger charge is -2.17. The highest BCUT2D eigenvalue weighted by Gasteiger charge is 2.30. The largest absolute Gasteiger partial charge is 0.365 e. The molecular formula is C19H21FN4O. The Morgan fingerprint density at radius 1 is 1.20 bits per heavy atom. The van der Waals surface area contributed by atoms with Crippen molar-refractivity contribution in [1.82, 2.24) is 14.9 Å². The van der Waals surface area contributed by atoms with Gasteiger partial charge in [0.1, 0.15) is 18.0 Å². The van der Waals surface area contributed by atoms with E-state index in [-0.39, 0.29) is 17.8 Å². The summed E-state index contributed by atoms with van der Waals surface area (Å²) in [6, 6.07) is 8.53. The first-order valence-electron chi connectivity index (χ1n) is 8.78. The number of rotatable bonds is 6. The van der Waals surface area contributed by atoms with Crippen LogP contribution < -0.4 is 5.32 Å². The highest BCUT2D eigenvalue weighted by molar-refractivity contribution is 5.80. The van der Waals surface area contributed by atoms with Crippen molar-refractivity contribution < 1.29 is 9.18 Å². The molecule has 1 aliphatic carbocycles. The molecule has 1 saturated carbocycles. The van der Waals surface area contributed by atoms with Gasteiger partial charge in [-0.2, -0.15) is 0 Å². The van der Waals surface area contributed by atoms with E-state index in [4.69, 9.17) is 0 Å². The zero-order valence-corrected chi connectivity index (χ0v) is 14.0. The Balaban J connectivity index is 1.32. The van der Waals surface area contributed by atoms with E-state index in [0.717, 1.165) is 23.5 Å². The molecular weight excluding hydrogens is 319 g/mol. The monoisotopic (exact) mass is 340 g/mol. The maximum atomic E-state index is 12.9. The number of carbonyl (C=O) groups is 1. The Morgan fingerprint density at radius 2 is 2.00 bits per heavy atom. The summed E-state index contributed by atoms with van der Waals surface area (Å²) in [7, 11) is 0. The van der Waals surface area contributed by atoms with E-state index in [1.165, 1.54) is 25.0 Å². The van der Waals surface area contributed by atoms with Gasteiger partial charge in [0, 0.05) is 37.2 Å². The van der Waals surface area contributed by atoms with Gasteiger partial charge in [0.25, 0.3) is 0 Å². The quantitative estimate of drug-likeness (QED) is 0.878. The zero-order chi connectivity index (χ0) is 17.2. The summed E-state index contributed by atoms with van der Waals surface area (Å²) in [5.41, 5.74) is 2.13. The molecule has 6 heteroatoms. The van der Waals surface area contributed by atoms with E-state index in [2.05, 4.69) is 15.3 Å². The molecule has 0 radical (unpaired) electrons. The number of benzene rings is 1. The molecule has 2 aliphatic rings. The minimum absolute atomic E-state index is 0.0719. The second-order valence-electron chi connectivity index (χ2n) is 6.86. The van der Waals surface area contributed by atoms with Crippen molar-refractivity contribution in [2.75, 3.05) is 18.4 Å². The molecule has 25 heavy (non-hydrogen) atoms. The molecule has 2 fully saturated rings. The van der Waals surface area contributed by atoms with Crippen molar-refractivity contribution in [2.45, 2.75) is 37.6 Å². The summed E-state index contributed by atoms with van der Waals surface area (Å²) in [5.74, 6) is 1.30. The lowest BCUT2D eigenvalue weighted by molar-refractivity contribution is -0.127. The average molecular weight is 340 g/mol. The molecule has 1 unspecified atom stereocenters. The maximum Gasteiger partial charge on any atom is 0.224 e. The molecule has 2 aromatic rings. The molecule has 1 aromatic heterocycles. The fourth-order valence-corrected chi connectivity index (χ4v) is 3.26. The van der Waals surface area contributed by atoms with Crippen molar-refractivity contribution in [3.8, 4) is 0 Å². The van der Waals surface area contributed by atoms with Crippen LogP contribution in [0.3, 0.4) is 0 Å². The van der Waals surface area contributed by atoms with Crippen LogP contribution in [-0.2, 0) is 11.2 Å². The Labute approximate surface area is 146 Å². The standard InChI is InChI=1S/C19H21FN4O/c20-15-5-1-13(2-6-15)7-8-24-11-16(9-19(24)25)23-18-10-17(14-3-4-14)21-12-22-18/h1-2,5-6,10,12,14,16H,3-4,7-9,11H2,(H,21,22,23). The molecule has 0 bridgehead atoms. The molecule has 1 amide bonds. The summed E-state index contributed by atoms with van der Waals surface area (Å²) >= 11 is 0. The number of aromatic nitrogens is 2. The average Bonchev–Trinajstić information content (AvgIpc) is 3.40. The Morgan fingerprint density at radius 3 is 2.76 bits per heavy atom. The first-order chi connectivity index (χ1) is 12.2. The lowest BCUT2D eigenvalue weighted by atomic mass is 10.1. The van der Waals surface area contributed by atoms with Crippen molar-refractivity contribution in [3.05, 3.63) is 53.7 Å². The number of halogens is 1. The van der Waals surface area contributed by atoms with Crippen LogP contribution in [0.2, 0.25) is 0 Å². The SMILES string of the molecule is O=C1CC(Nc2cc(C3CC3)ncn2)CN1CCc1ccc(F)cc1. The number of anilines is 1. The molecule has 1 aliphatic heterocycles. The van der Waals surface area contributed by atoms with Gasteiger partial charge in [-0.25, -0.2) is 14.4 Å². The zero-order valence-electron chi connectivity index (χ0n) is 14.0. The van der Waals surface area contributed by atoms with E-state index >= 15 is 0 Å². The van der Waals surface area contributed by atoms with Gasteiger partial charge in [-0.1, -0.05) is 12.1 Å². The third-order valence-corrected chi connectivity index (χ3v) is 4.83. The van der Waals surface area contributed by atoms with Gasteiger partial charge < -0.3 is 10.2 Å². The summed E-state index contributed by atoms with van der Waals surface area (Å²) < 4.78 is 12.9. The molecule has 130 valence electrons. The summed E-state index contributed by atoms with van der Waals surface area (Å²) in [6.45, 7) is 1.32. The van der Waals surface area contributed by atoms with Crippen molar-refractivity contribution in [3.63, 3.8) is 0 Å². The minimum atomic E-state index is -0.235. The van der Waals surface area contributed by atoms with Gasteiger partial charge in [0.15, 0.2) is 0 Å². The number of likely N-dealkylation sites (tertiary alicyclic amines) is 1. The number of nitrogens with zero attached hydrogens (tertiary/aromatic N) is 3. The molecule has 1 saturated heterocycles. The molecule has 2 heterocycles. The first kappa shape index (κ1) is 16.0. The van der Waals surface area contributed by atoms with Crippen LogP contribution >= 0.6 is 0 Å². The van der Waals surface area contributed by atoms with Gasteiger partial charge in [0.2, 0.25) is 5.91 Å². The van der Waals surface area contributed by atoms with Gasteiger partial charge in [-0.05, 0) is 37.0 Å². The molecule has 1 aromatic carbocycles. The predicted molar refractivity (Wildman–Crippen MR) is 92.7 cm³/mol. The number of nitrogens with one attached hydrogen (secondary N) is 1. The fraction of sp³-hybridized carbons (Fsp3) is 0.421. The van der Waals surface area contributed by atoms with Crippen molar-refractivity contribution in [1.29, 1.82) is 0 Å². The number of hydrogen-bond acceptors (Lipinski definition) is 4. The predicted octanol–water partition coefficient (Wildman–Crippen LogP) is 2.75. The Bertz CT molecular complexity index is 760. The van der Waals surface area contributed by atoms with Gasteiger partial charge in [-0.15, -0.1) is 0 Å². The third-order valence-electron chi connectivity index (χ3n) is 4.83. The fourth-order valence-electron chi connectivity index (χ4n) is 3.26. The highest BCUT2D eigenvalue weighted by atomic mass is 19.1. The van der Waals surface area contributed by atoms with Crippen molar-refractivity contribution in [2.24, 2.45) is 0 Å². The highest BCUT2D eigenvalue weighted by Crippen LogP contribution is 2.39. The number of hydrogen-bond donors (Lipinski definition) is 1. The maximum absolute atomic E-state index is 12.9. The first-order valence-corrected chi connectivity index (χ1v) is 8.78. The molecule has 1 N–H and O–H groups in total. The third kappa shape index (κ3) is 3.95. The molecule has 5 nitrogen and oxygen atoms in total. The topological polar surface area (TPSA) is 58.1 Å². The summed E-state index contributed by atoms with van der Waals surface area (Å²) in [6.07, 6.45) is 5.22. The Kier molecular flexibility index (Phi) is 4.34. The van der Waals surface area contributed by atoms with Crippen LogP contribution in [0.15, 0.2) is 36.7 Å². The second-order valence-corrected chi connectivity index (χ2v) is 6.86. The van der Waals surface area contributed by atoms with E-state index < -0.39 is 0 Å². The van der Waals surface area contributed by atoms with E-state index in [9.17, 15) is 9.18 Å². The van der Waals surface area contributed by atoms with Crippen LogP contribution in [-0.4, -0.2) is 39.9 Å². The molecule has 0 spiro atoms. The van der Waals surface area contributed by atoms with Gasteiger partial charge in [-0.3, -0.25) is 4.79 Å². The lowest BCUT2D eigenvalue weighted by Crippen LogP contribution is -2.30. The number of carbonyl (C=O) groups excluding carboxylic acids is 1. The van der Waals surface area contributed by atoms with Crippen LogP contribution in [0, 0.1) is 5.82 Å². The Hall–Kier alpha value is -2.50. The smallest absolute Gasteiger partial charge is 0.224 e. The van der Waals surface area contributed by atoms with Crippen LogP contribution in [0.1, 0.15) is 36.4 Å². The van der Waals surface area contributed by atoms with Crippen LogP contribution in [0.5, 0.6) is 0 Å². The minimum Gasteiger partial charge on any atom is -0.365 e. The normalized spacial score (nSPS) is 20.1. The summed E-state index contributed by atoms with van der Waals surface area (Å²) in [5, 5.41) is 3.37. The van der Waals surface area contributed by atoms with Crippen LogP contribution in [0.4, 0.5) is 10.2 Å². The second kappa shape index (κ2) is 6.78. The van der Waals surface area contributed by atoms with Gasteiger partial charge in [0.05, 0.1) is 6.04 Å². The van der Waals surface area contributed by atoms with E-state index in [1.807, 2.05) is 11.0 Å².